The minimum absolute atomic E-state index is 0.0805. The van der Waals surface area contributed by atoms with Crippen LogP contribution in [0.3, 0.4) is 0 Å². The number of benzene rings is 3. The average molecular weight is 460 g/mol. The van der Waals surface area contributed by atoms with Crippen LogP contribution in [0.15, 0.2) is 113 Å². The van der Waals surface area contributed by atoms with Crippen molar-refractivity contribution in [1.29, 1.82) is 0 Å². The first-order chi connectivity index (χ1) is 17.2. The lowest BCUT2D eigenvalue weighted by Crippen LogP contribution is -2.29. The second kappa shape index (κ2) is 8.57. The second-order valence-electron chi connectivity index (χ2n) is 8.35. The molecular weight excluding hydrogens is 440 g/mol. The summed E-state index contributed by atoms with van der Waals surface area (Å²) in [5, 5.41) is 0.448. The van der Waals surface area contributed by atoms with E-state index >= 15 is 0 Å². The van der Waals surface area contributed by atoms with Crippen LogP contribution < -0.4 is 10.2 Å². The van der Waals surface area contributed by atoms with Crippen LogP contribution in [0.25, 0.3) is 11.0 Å². The van der Waals surface area contributed by atoms with Gasteiger partial charge in [0.05, 0.1) is 17.0 Å². The molecule has 5 aromatic rings. The van der Waals surface area contributed by atoms with Gasteiger partial charge in [0.15, 0.2) is 5.43 Å². The Morgan fingerprint density at radius 2 is 1.66 bits per heavy atom. The van der Waals surface area contributed by atoms with Gasteiger partial charge in [-0.15, -0.1) is 0 Å². The van der Waals surface area contributed by atoms with Gasteiger partial charge in [0.2, 0.25) is 5.76 Å². The van der Waals surface area contributed by atoms with Crippen LogP contribution in [0.2, 0.25) is 0 Å². The van der Waals surface area contributed by atoms with E-state index in [9.17, 15) is 9.59 Å². The van der Waals surface area contributed by atoms with Crippen LogP contribution in [-0.4, -0.2) is 15.8 Å². The standard InChI is InChI=1S/C29H20N2O4/c32-27-23-13-4-5-14-24(23)35-28-25(27)26(31(29(28)33)18-19-8-7-15-30-17-19)20-9-6-12-22(16-20)34-21-10-2-1-3-11-21/h1-17,26H,18H2. The molecule has 0 spiro atoms. The van der Waals surface area contributed by atoms with Gasteiger partial charge in [0, 0.05) is 18.9 Å². The van der Waals surface area contributed by atoms with E-state index in [1.807, 2.05) is 66.7 Å². The van der Waals surface area contributed by atoms with Gasteiger partial charge >= 0.3 is 0 Å². The van der Waals surface area contributed by atoms with Gasteiger partial charge in [0.25, 0.3) is 5.91 Å². The van der Waals surface area contributed by atoms with Crippen molar-refractivity contribution in [1.82, 2.24) is 9.88 Å². The lowest BCUT2D eigenvalue weighted by Gasteiger charge is -2.25. The summed E-state index contributed by atoms with van der Waals surface area (Å²) in [5.41, 5.74) is 2.15. The molecule has 0 bridgehead atoms. The molecule has 170 valence electrons. The quantitative estimate of drug-likeness (QED) is 0.335. The molecule has 3 aromatic carbocycles. The summed E-state index contributed by atoms with van der Waals surface area (Å²) < 4.78 is 12.0. The SMILES string of the molecule is O=C1c2oc3ccccc3c(=O)c2C(c2cccc(Oc3ccccc3)c2)N1Cc1cccnc1. The van der Waals surface area contributed by atoms with Crippen molar-refractivity contribution in [2.45, 2.75) is 12.6 Å². The van der Waals surface area contributed by atoms with Crippen molar-refractivity contribution >= 4 is 16.9 Å². The number of pyridine rings is 1. The van der Waals surface area contributed by atoms with Gasteiger partial charge in [-0.3, -0.25) is 14.6 Å². The smallest absolute Gasteiger partial charge is 0.291 e. The fourth-order valence-electron chi connectivity index (χ4n) is 4.54. The third-order valence-corrected chi connectivity index (χ3v) is 6.10. The summed E-state index contributed by atoms with van der Waals surface area (Å²) in [6.45, 7) is 0.279. The molecule has 0 saturated heterocycles. The third-order valence-electron chi connectivity index (χ3n) is 6.10. The van der Waals surface area contributed by atoms with Crippen LogP contribution in [0.1, 0.15) is 33.3 Å². The lowest BCUT2D eigenvalue weighted by molar-refractivity contribution is 0.0714. The number of hydrogen-bond donors (Lipinski definition) is 0. The Morgan fingerprint density at radius 3 is 2.49 bits per heavy atom. The van der Waals surface area contributed by atoms with Crippen molar-refractivity contribution in [2.24, 2.45) is 0 Å². The summed E-state index contributed by atoms with van der Waals surface area (Å²) in [4.78, 5) is 33.1. The zero-order valence-electron chi connectivity index (χ0n) is 18.6. The maximum atomic E-state index is 13.6. The van der Waals surface area contributed by atoms with E-state index in [2.05, 4.69) is 4.98 Å². The van der Waals surface area contributed by atoms with E-state index in [1.54, 1.807) is 41.6 Å². The Kier molecular flexibility index (Phi) is 5.11. The van der Waals surface area contributed by atoms with Gasteiger partial charge in [-0.25, -0.2) is 0 Å². The van der Waals surface area contributed by atoms with Gasteiger partial charge in [-0.1, -0.05) is 48.5 Å². The molecule has 1 aliphatic heterocycles. The molecule has 0 N–H and O–H groups in total. The van der Waals surface area contributed by atoms with E-state index < -0.39 is 6.04 Å². The Bertz CT molecular complexity index is 1600. The largest absolute Gasteiger partial charge is 0.457 e. The molecule has 0 saturated carbocycles. The molecule has 1 amide bonds. The summed E-state index contributed by atoms with van der Waals surface area (Å²) in [6.07, 6.45) is 3.40. The number of amides is 1. The van der Waals surface area contributed by atoms with Crippen LogP contribution in [0.4, 0.5) is 0 Å². The Labute approximate surface area is 201 Å². The number of aromatic nitrogens is 1. The topological polar surface area (TPSA) is 72.6 Å². The molecule has 6 rings (SSSR count). The van der Waals surface area contributed by atoms with Crippen molar-refractivity contribution in [3.05, 3.63) is 136 Å². The Hall–Kier alpha value is -4.71. The highest BCUT2D eigenvalue weighted by molar-refractivity contribution is 5.99. The van der Waals surface area contributed by atoms with Crippen molar-refractivity contribution < 1.29 is 13.9 Å². The highest BCUT2D eigenvalue weighted by atomic mass is 16.5. The van der Waals surface area contributed by atoms with Crippen molar-refractivity contribution in [3.8, 4) is 11.5 Å². The van der Waals surface area contributed by atoms with Gasteiger partial charge < -0.3 is 14.1 Å². The summed E-state index contributed by atoms with van der Waals surface area (Å²) in [5.74, 6) is 1.06. The van der Waals surface area contributed by atoms with E-state index in [1.165, 1.54) is 0 Å². The highest BCUT2D eigenvalue weighted by Crippen LogP contribution is 2.40. The molecule has 0 radical (unpaired) electrons. The predicted octanol–water partition coefficient (Wildman–Crippen LogP) is 5.73. The maximum Gasteiger partial charge on any atom is 0.291 e. The number of rotatable bonds is 5. The number of carbonyl (C=O) groups is 1. The monoisotopic (exact) mass is 460 g/mol. The number of nitrogens with zero attached hydrogens (tertiary/aromatic N) is 2. The molecule has 1 atom stereocenters. The number of ether oxygens (including phenoxy) is 1. The molecular formula is C29H20N2O4. The summed E-state index contributed by atoms with van der Waals surface area (Å²) in [7, 11) is 0. The molecule has 35 heavy (non-hydrogen) atoms. The molecule has 3 heterocycles. The van der Waals surface area contributed by atoms with Crippen LogP contribution in [0, 0.1) is 0 Å². The molecule has 6 nitrogen and oxygen atoms in total. The van der Waals surface area contributed by atoms with Crippen molar-refractivity contribution in [2.75, 3.05) is 0 Å². The Morgan fingerprint density at radius 1 is 0.857 bits per heavy atom. The predicted molar refractivity (Wildman–Crippen MR) is 131 cm³/mol. The fraction of sp³-hybridized carbons (Fsp3) is 0.0690. The molecule has 6 heteroatoms. The highest BCUT2D eigenvalue weighted by Gasteiger charge is 2.42. The zero-order valence-corrected chi connectivity index (χ0v) is 18.6. The number of fused-ring (bicyclic) bond motifs is 2. The first kappa shape index (κ1) is 20.9. The average Bonchev–Trinajstić information content (AvgIpc) is 3.17. The van der Waals surface area contributed by atoms with Crippen LogP contribution in [0.5, 0.6) is 11.5 Å². The Balaban J connectivity index is 1.50. The normalized spacial score (nSPS) is 14.8. The minimum Gasteiger partial charge on any atom is -0.457 e. The second-order valence-corrected chi connectivity index (χ2v) is 8.35. The lowest BCUT2D eigenvalue weighted by atomic mass is 9.98. The fourth-order valence-corrected chi connectivity index (χ4v) is 4.54. The van der Waals surface area contributed by atoms with Gasteiger partial charge in [0.1, 0.15) is 17.1 Å². The molecule has 1 aliphatic rings. The molecule has 0 aliphatic carbocycles. The van der Waals surface area contributed by atoms with Crippen LogP contribution in [-0.2, 0) is 6.54 Å². The van der Waals surface area contributed by atoms with E-state index in [0.717, 1.165) is 11.1 Å². The van der Waals surface area contributed by atoms with Gasteiger partial charge in [-0.2, -0.15) is 0 Å². The third kappa shape index (κ3) is 3.75. The number of carbonyl (C=O) groups excluding carboxylic acids is 1. The van der Waals surface area contributed by atoms with Crippen LogP contribution >= 0.6 is 0 Å². The molecule has 1 unspecified atom stereocenters. The van der Waals surface area contributed by atoms with Crippen molar-refractivity contribution in [3.63, 3.8) is 0 Å². The van der Waals surface area contributed by atoms with Gasteiger partial charge in [-0.05, 0) is 53.6 Å². The zero-order chi connectivity index (χ0) is 23.8. The minimum atomic E-state index is -0.627. The van der Waals surface area contributed by atoms with E-state index in [-0.39, 0.29) is 23.6 Å². The summed E-state index contributed by atoms with van der Waals surface area (Å²) in [6, 6.07) is 27.0. The maximum absolute atomic E-state index is 13.6. The molecule has 0 fully saturated rings. The van der Waals surface area contributed by atoms with E-state index in [4.69, 9.17) is 9.15 Å². The number of hydrogen-bond acceptors (Lipinski definition) is 5. The van der Waals surface area contributed by atoms with E-state index in [0.29, 0.717) is 28.0 Å². The first-order valence-electron chi connectivity index (χ1n) is 11.3. The first-order valence-corrected chi connectivity index (χ1v) is 11.3. The number of para-hydroxylation sites is 2. The molecule has 2 aromatic heterocycles. The summed E-state index contributed by atoms with van der Waals surface area (Å²) >= 11 is 0.